The Balaban J connectivity index is 2.19. The third kappa shape index (κ3) is 3.12. The summed E-state index contributed by atoms with van der Waals surface area (Å²) in [4.78, 5) is 0.415. The average molecular weight is 267 g/mol. The highest BCUT2D eigenvalue weighted by molar-refractivity contribution is 7.89. The number of hydrogen-bond donors (Lipinski definition) is 1. The molecule has 0 amide bonds. The van der Waals surface area contributed by atoms with Gasteiger partial charge < -0.3 is 0 Å². The van der Waals surface area contributed by atoms with Gasteiger partial charge in [-0.05, 0) is 38.3 Å². The molecule has 1 aromatic carbocycles. The summed E-state index contributed by atoms with van der Waals surface area (Å²) in [6.07, 6.45) is 5.40. The van der Waals surface area contributed by atoms with Gasteiger partial charge >= 0.3 is 0 Å². The van der Waals surface area contributed by atoms with Crippen LogP contribution in [0.4, 0.5) is 0 Å². The Morgan fingerprint density at radius 2 is 1.78 bits per heavy atom. The van der Waals surface area contributed by atoms with Gasteiger partial charge in [-0.2, -0.15) is 0 Å². The van der Waals surface area contributed by atoms with E-state index in [-0.39, 0.29) is 6.04 Å². The van der Waals surface area contributed by atoms with Crippen molar-refractivity contribution in [3.05, 3.63) is 29.3 Å². The highest BCUT2D eigenvalue weighted by Crippen LogP contribution is 2.21. The molecule has 1 aromatic rings. The minimum Gasteiger partial charge on any atom is -0.208 e. The van der Waals surface area contributed by atoms with Crippen molar-refractivity contribution in [3.63, 3.8) is 0 Å². The number of rotatable bonds is 3. The lowest BCUT2D eigenvalue weighted by atomic mass is 9.96. The largest absolute Gasteiger partial charge is 0.241 e. The second kappa shape index (κ2) is 5.41. The Morgan fingerprint density at radius 1 is 1.11 bits per heavy atom. The molecule has 1 aliphatic carbocycles. The van der Waals surface area contributed by atoms with Gasteiger partial charge in [-0.15, -0.1) is 0 Å². The number of nitrogens with one attached hydrogen (secondary N) is 1. The first-order chi connectivity index (χ1) is 8.49. The Kier molecular flexibility index (Phi) is 4.07. The van der Waals surface area contributed by atoms with Gasteiger partial charge in [0.25, 0.3) is 0 Å². The Morgan fingerprint density at radius 3 is 2.39 bits per heavy atom. The molecule has 1 saturated carbocycles. The lowest BCUT2D eigenvalue weighted by Crippen LogP contribution is -2.36. The predicted octanol–water partition coefficient (Wildman–Crippen LogP) is 2.91. The van der Waals surface area contributed by atoms with Gasteiger partial charge in [-0.1, -0.05) is 37.0 Å². The predicted molar refractivity (Wildman–Crippen MR) is 73.1 cm³/mol. The minimum absolute atomic E-state index is 0.115. The van der Waals surface area contributed by atoms with E-state index < -0.39 is 10.0 Å². The SMILES string of the molecule is Cc1ccc(S(=O)(=O)NC2CCCCC2)c(C)c1. The third-order valence-corrected chi connectivity index (χ3v) is 5.23. The van der Waals surface area contributed by atoms with Crippen LogP contribution in [-0.2, 0) is 10.0 Å². The smallest absolute Gasteiger partial charge is 0.208 e. The van der Waals surface area contributed by atoms with Gasteiger partial charge in [0, 0.05) is 6.04 Å². The Hall–Kier alpha value is -0.870. The van der Waals surface area contributed by atoms with E-state index >= 15 is 0 Å². The van der Waals surface area contributed by atoms with E-state index in [2.05, 4.69) is 4.72 Å². The van der Waals surface area contributed by atoms with Crippen LogP contribution >= 0.6 is 0 Å². The van der Waals surface area contributed by atoms with Crippen LogP contribution < -0.4 is 4.72 Å². The van der Waals surface area contributed by atoms with Crippen LogP contribution in [0.2, 0.25) is 0 Å². The number of aryl methyl sites for hydroxylation is 2. The molecule has 0 spiro atoms. The molecule has 2 rings (SSSR count). The van der Waals surface area contributed by atoms with Gasteiger partial charge in [0.2, 0.25) is 10.0 Å². The molecule has 0 saturated heterocycles. The zero-order valence-electron chi connectivity index (χ0n) is 11.1. The number of benzene rings is 1. The Bertz CT molecular complexity index is 517. The summed E-state index contributed by atoms with van der Waals surface area (Å²) in [5.74, 6) is 0. The molecule has 0 aromatic heterocycles. The standard InChI is InChI=1S/C14H21NO2S/c1-11-8-9-14(12(2)10-11)18(16,17)15-13-6-4-3-5-7-13/h8-10,13,15H,3-7H2,1-2H3. The maximum absolute atomic E-state index is 12.3. The van der Waals surface area contributed by atoms with Crippen molar-refractivity contribution in [3.8, 4) is 0 Å². The fourth-order valence-corrected chi connectivity index (χ4v) is 4.14. The molecule has 3 nitrogen and oxygen atoms in total. The average Bonchev–Trinajstić information content (AvgIpc) is 2.29. The van der Waals surface area contributed by atoms with Crippen molar-refractivity contribution < 1.29 is 8.42 Å². The number of sulfonamides is 1. The normalized spacial score (nSPS) is 17.9. The van der Waals surface area contributed by atoms with Crippen molar-refractivity contribution in [1.29, 1.82) is 0 Å². The molecule has 0 bridgehead atoms. The van der Waals surface area contributed by atoms with E-state index in [0.29, 0.717) is 4.90 Å². The molecule has 1 aliphatic rings. The van der Waals surface area contributed by atoms with Crippen LogP contribution in [0, 0.1) is 13.8 Å². The van der Waals surface area contributed by atoms with Crippen molar-refractivity contribution in [2.45, 2.75) is 56.9 Å². The summed E-state index contributed by atoms with van der Waals surface area (Å²) in [5.41, 5.74) is 1.91. The highest BCUT2D eigenvalue weighted by atomic mass is 32.2. The summed E-state index contributed by atoms with van der Waals surface area (Å²) >= 11 is 0. The summed E-state index contributed by atoms with van der Waals surface area (Å²) in [7, 11) is -3.36. The van der Waals surface area contributed by atoms with E-state index in [1.165, 1.54) is 6.42 Å². The van der Waals surface area contributed by atoms with E-state index in [0.717, 1.165) is 36.8 Å². The fraction of sp³-hybridized carbons (Fsp3) is 0.571. The molecule has 1 fully saturated rings. The molecule has 0 radical (unpaired) electrons. The second-order valence-corrected chi connectivity index (χ2v) is 6.91. The first kappa shape index (κ1) is 13.6. The third-order valence-electron chi connectivity index (χ3n) is 3.55. The van der Waals surface area contributed by atoms with Crippen molar-refractivity contribution in [2.75, 3.05) is 0 Å². The van der Waals surface area contributed by atoms with Crippen LogP contribution in [0.3, 0.4) is 0 Å². The quantitative estimate of drug-likeness (QED) is 0.915. The van der Waals surface area contributed by atoms with Gasteiger partial charge in [0.15, 0.2) is 0 Å². The molecule has 0 heterocycles. The summed E-state index contributed by atoms with van der Waals surface area (Å²) in [6, 6.07) is 5.58. The summed E-state index contributed by atoms with van der Waals surface area (Å²) in [6.45, 7) is 3.82. The topological polar surface area (TPSA) is 46.2 Å². The van der Waals surface area contributed by atoms with Crippen LogP contribution in [0.25, 0.3) is 0 Å². The first-order valence-corrected chi connectivity index (χ1v) is 8.07. The van der Waals surface area contributed by atoms with Gasteiger partial charge in [-0.3, -0.25) is 0 Å². The summed E-state index contributed by atoms with van der Waals surface area (Å²) < 4.78 is 27.5. The molecule has 18 heavy (non-hydrogen) atoms. The van der Waals surface area contributed by atoms with E-state index in [4.69, 9.17) is 0 Å². The van der Waals surface area contributed by atoms with Gasteiger partial charge in [-0.25, -0.2) is 13.1 Å². The molecular formula is C14H21NO2S. The van der Waals surface area contributed by atoms with E-state index in [1.54, 1.807) is 6.07 Å². The van der Waals surface area contributed by atoms with E-state index in [9.17, 15) is 8.42 Å². The lowest BCUT2D eigenvalue weighted by Gasteiger charge is -2.23. The van der Waals surface area contributed by atoms with Crippen LogP contribution in [0.15, 0.2) is 23.1 Å². The molecular weight excluding hydrogens is 246 g/mol. The maximum atomic E-state index is 12.3. The molecule has 100 valence electrons. The zero-order valence-corrected chi connectivity index (χ0v) is 11.9. The summed E-state index contributed by atoms with van der Waals surface area (Å²) in [5, 5.41) is 0. The van der Waals surface area contributed by atoms with Crippen LogP contribution in [-0.4, -0.2) is 14.5 Å². The van der Waals surface area contributed by atoms with Crippen LogP contribution in [0.5, 0.6) is 0 Å². The molecule has 4 heteroatoms. The van der Waals surface area contributed by atoms with Gasteiger partial charge in [0.1, 0.15) is 0 Å². The van der Waals surface area contributed by atoms with Crippen molar-refractivity contribution in [2.24, 2.45) is 0 Å². The van der Waals surface area contributed by atoms with Crippen LogP contribution in [0.1, 0.15) is 43.2 Å². The highest BCUT2D eigenvalue weighted by Gasteiger charge is 2.22. The maximum Gasteiger partial charge on any atom is 0.241 e. The fourth-order valence-electron chi connectivity index (χ4n) is 2.60. The lowest BCUT2D eigenvalue weighted by molar-refractivity contribution is 0.412. The number of hydrogen-bond acceptors (Lipinski definition) is 2. The minimum atomic E-state index is -3.36. The first-order valence-electron chi connectivity index (χ1n) is 6.58. The Labute approximate surface area is 110 Å². The molecule has 1 N–H and O–H groups in total. The second-order valence-electron chi connectivity index (χ2n) is 5.23. The monoisotopic (exact) mass is 267 g/mol. The molecule has 0 atom stereocenters. The van der Waals surface area contributed by atoms with Crippen molar-refractivity contribution >= 4 is 10.0 Å². The van der Waals surface area contributed by atoms with E-state index in [1.807, 2.05) is 26.0 Å². The molecule has 0 aliphatic heterocycles. The zero-order chi connectivity index (χ0) is 13.2. The molecule has 0 unspecified atom stereocenters. The van der Waals surface area contributed by atoms with Gasteiger partial charge in [0.05, 0.1) is 4.90 Å². The van der Waals surface area contributed by atoms with Crippen molar-refractivity contribution in [1.82, 2.24) is 4.72 Å².